The summed E-state index contributed by atoms with van der Waals surface area (Å²) in [4.78, 5) is 0.773. The highest BCUT2D eigenvalue weighted by molar-refractivity contribution is 7.99. The fourth-order valence-electron chi connectivity index (χ4n) is 1.87. The summed E-state index contributed by atoms with van der Waals surface area (Å²) >= 11 is 1.58. The van der Waals surface area contributed by atoms with Gasteiger partial charge in [-0.15, -0.1) is 11.8 Å². The smallest absolute Gasteiger partial charge is 0.137 e. The van der Waals surface area contributed by atoms with Gasteiger partial charge in [-0.2, -0.15) is 0 Å². The maximum Gasteiger partial charge on any atom is 0.137 e. The van der Waals surface area contributed by atoms with Gasteiger partial charge in [-0.25, -0.2) is 4.39 Å². The summed E-state index contributed by atoms with van der Waals surface area (Å²) in [6.07, 6.45) is 2.02. The van der Waals surface area contributed by atoms with Gasteiger partial charge in [0.1, 0.15) is 5.82 Å². The van der Waals surface area contributed by atoms with Gasteiger partial charge in [0.15, 0.2) is 0 Å². The predicted octanol–water partition coefficient (Wildman–Crippen LogP) is 4.01. The van der Waals surface area contributed by atoms with Crippen molar-refractivity contribution in [3.05, 3.63) is 29.6 Å². The van der Waals surface area contributed by atoms with Crippen LogP contribution < -0.4 is 5.32 Å². The zero-order valence-corrected chi connectivity index (χ0v) is 12.9. The molecule has 0 heterocycles. The number of ether oxygens (including phenoxy) is 1. The van der Waals surface area contributed by atoms with Gasteiger partial charge in [-0.3, -0.25) is 0 Å². The number of nitrogens with one attached hydrogen (secondary N) is 1. The molecule has 19 heavy (non-hydrogen) atoms. The lowest BCUT2D eigenvalue weighted by Crippen LogP contribution is -2.20. The largest absolute Gasteiger partial charge is 0.385 e. The van der Waals surface area contributed by atoms with Crippen molar-refractivity contribution in [3.8, 4) is 0 Å². The standard InChI is InChI=1S/C15H24FNOS/c1-4-9-17-12(2)13-7-5-8-14(16)15(13)19-11-6-10-18-3/h5,7-8,12,17H,4,6,9-11H2,1-3H3. The van der Waals surface area contributed by atoms with Crippen LogP contribution in [0.15, 0.2) is 23.1 Å². The Kier molecular flexibility index (Phi) is 8.10. The normalized spacial score (nSPS) is 12.6. The van der Waals surface area contributed by atoms with Crippen LogP contribution in [-0.4, -0.2) is 26.0 Å². The molecule has 0 spiro atoms. The van der Waals surface area contributed by atoms with E-state index in [0.717, 1.165) is 42.2 Å². The van der Waals surface area contributed by atoms with Crippen LogP contribution >= 0.6 is 11.8 Å². The second-order valence-electron chi connectivity index (χ2n) is 4.53. The maximum absolute atomic E-state index is 14.0. The Morgan fingerprint density at radius 1 is 1.42 bits per heavy atom. The van der Waals surface area contributed by atoms with Gasteiger partial charge in [-0.1, -0.05) is 19.1 Å². The average Bonchev–Trinajstić information content (AvgIpc) is 2.42. The zero-order chi connectivity index (χ0) is 14.1. The van der Waals surface area contributed by atoms with E-state index in [4.69, 9.17) is 4.74 Å². The summed E-state index contributed by atoms with van der Waals surface area (Å²) in [6, 6.07) is 5.51. The van der Waals surface area contributed by atoms with Crippen molar-refractivity contribution in [2.24, 2.45) is 0 Å². The Labute approximate surface area is 120 Å². The number of hydrogen-bond acceptors (Lipinski definition) is 3. The molecule has 108 valence electrons. The Morgan fingerprint density at radius 2 is 2.21 bits per heavy atom. The molecule has 0 saturated heterocycles. The van der Waals surface area contributed by atoms with E-state index in [1.54, 1.807) is 24.9 Å². The molecule has 1 rings (SSSR count). The lowest BCUT2D eigenvalue weighted by atomic mass is 10.1. The molecule has 0 aliphatic rings. The number of halogens is 1. The topological polar surface area (TPSA) is 21.3 Å². The van der Waals surface area contributed by atoms with Gasteiger partial charge in [0.25, 0.3) is 0 Å². The fourth-order valence-corrected chi connectivity index (χ4v) is 2.95. The van der Waals surface area contributed by atoms with Crippen molar-refractivity contribution in [1.29, 1.82) is 0 Å². The van der Waals surface area contributed by atoms with Crippen LogP contribution in [0.25, 0.3) is 0 Å². The monoisotopic (exact) mass is 285 g/mol. The van der Waals surface area contributed by atoms with E-state index in [1.165, 1.54) is 6.07 Å². The molecular formula is C15H24FNOS. The molecule has 0 aromatic heterocycles. The van der Waals surface area contributed by atoms with Crippen LogP contribution in [0.1, 0.15) is 38.3 Å². The van der Waals surface area contributed by atoms with Crippen molar-refractivity contribution in [1.82, 2.24) is 5.32 Å². The van der Waals surface area contributed by atoms with Crippen molar-refractivity contribution < 1.29 is 9.13 Å². The van der Waals surface area contributed by atoms with E-state index >= 15 is 0 Å². The molecule has 1 aromatic carbocycles. The summed E-state index contributed by atoms with van der Waals surface area (Å²) in [7, 11) is 1.69. The van der Waals surface area contributed by atoms with Crippen LogP contribution in [0.3, 0.4) is 0 Å². The molecule has 0 aliphatic carbocycles. The van der Waals surface area contributed by atoms with E-state index in [0.29, 0.717) is 0 Å². The Bertz CT molecular complexity index is 373. The maximum atomic E-state index is 14.0. The first-order chi connectivity index (χ1) is 9.20. The highest BCUT2D eigenvalue weighted by Gasteiger charge is 2.13. The summed E-state index contributed by atoms with van der Waals surface area (Å²) in [5, 5.41) is 3.41. The molecule has 1 atom stereocenters. The summed E-state index contributed by atoms with van der Waals surface area (Å²) < 4.78 is 19.0. The molecule has 0 aliphatic heterocycles. The highest BCUT2D eigenvalue weighted by Crippen LogP contribution is 2.30. The number of methoxy groups -OCH3 is 1. The SMILES string of the molecule is CCCNC(C)c1cccc(F)c1SCCCOC. The van der Waals surface area contributed by atoms with Crippen LogP contribution in [-0.2, 0) is 4.74 Å². The van der Waals surface area contributed by atoms with Gasteiger partial charge in [0.2, 0.25) is 0 Å². The zero-order valence-electron chi connectivity index (χ0n) is 12.0. The van der Waals surface area contributed by atoms with E-state index in [-0.39, 0.29) is 11.9 Å². The first-order valence-corrected chi connectivity index (χ1v) is 7.82. The van der Waals surface area contributed by atoms with Gasteiger partial charge >= 0.3 is 0 Å². The van der Waals surface area contributed by atoms with E-state index < -0.39 is 0 Å². The van der Waals surface area contributed by atoms with Gasteiger partial charge in [0.05, 0.1) is 0 Å². The van der Waals surface area contributed by atoms with Gasteiger partial charge in [0, 0.05) is 30.4 Å². The van der Waals surface area contributed by atoms with E-state index in [9.17, 15) is 4.39 Å². The second-order valence-corrected chi connectivity index (χ2v) is 5.63. The van der Waals surface area contributed by atoms with E-state index in [1.807, 2.05) is 6.07 Å². The molecule has 0 radical (unpaired) electrons. The third kappa shape index (κ3) is 5.51. The molecule has 4 heteroatoms. The quantitative estimate of drug-likeness (QED) is 0.547. The van der Waals surface area contributed by atoms with Crippen molar-refractivity contribution in [2.75, 3.05) is 26.0 Å². The minimum absolute atomic E-state index is 0.120. The number of hydrogen-bond donors (Lipinski definition) is 1. The molecule has 0 bridgehead atoms. The predicted molar refractivity (Wildman–Crippen MR) is 80.3 cm³/mol. The molecule has 0 saturated carbocycles. The number of thioether (sulfide) groups is 1. The first-order valence-electron chi connectivity index (χ1n) is 6.84. The molecule has 0 amide bonds. The minimum atomic E-state index is -0.120. The number of benzene rings is 1. The van der Waals surface area contributed by atoms with Crippen LogP contribution in [0.4, 0.5) is 4.39 Å². The third-order valence-electron chi connectivity index (χ3n) is 2.90. The molecule has 1 N–H and O–H groups in total. The second kappa shape index (κ2) is 9.34. The molecule has 1 unspecified atom stereocenters. The first kappa shape index (κ1) is 16.5. The van der Waals surface area contributed by atoms with E-state index in [2.05, 4.69) is 19.2 Å². The van der Waals surface area contributed by atoms with Crippen molar-refractivity contribution >= 4 is 11.8 Å². The lowest BCUT2D eigenvalue weighted by molar-refractivity contribution is 0.200. The number of rotatable bonds is 9. The lowest BCUT2D eigenvalue weighted by Gasteiger charge is -2.18. The summed E-state index contributed by atoms with van der Waals surface area (Å²) in [6.45, 7) is 5.89. The average molecular weight is 285 g/mol. The molecule has 0 fully saturated rings. The molecule has 2 nitrogen and oxygen atoms in total. The summed E-state index contributed by atoms with van der Waals surface area (Å²) in [5.41, 5.74) is 1.05. The van der Waals surface area contributed by atoms with Crippen LogP contribution in [0, 0.1) is 5.82 Å². The highest BCUT2D eigenvalue weighted by atomic mass is 32.2. The fraction of sp³-hybridized carbons (Fsp3) is 0.600. The Hall–Kier alpha value is -0.580. The van der Waals surface area contributed by atoms with Crippen LogP contribution in [0.5, 0.6) is 0 Å². The summed E-state index contributed by atoms with van der Waals surface area (Å²) in [5.74, 6) is 0.757. The van der Waals surface area contributed by atoms with Gasteiger partial charge < -0.3 is 10.1 Å². The third-order valence-corrected chi connectivity index (χ3v) is 4.12. The Morgan fingerprint density at radius 3 is 2.89 bits per heavy atom. The Balaban J connectivity index is 2.71. The van der Waals surface area contributed by atoms with Gasteiger partial charge in [-0.05, 0) is 37.9 Å². The molecule has 1 aromatic rings. The molecular weight excluding hydrogens is 261 g/mol. The minimum Gasteiger partial charge on any atom is -0.385 e. The van der Waals surface area contributed by atoms with Crippen molar-refractivity contribution in [2.45, 2.75) is 37.6 Å². The van der Waals surface area contributed by atoms with Crippen LogP contribution in [0.2, 0.25) is 0 Å². The van der Waals surface area contributed by atoms with Crippen molar-refractivity contribution in [3.63, 3.8) is 0 Å².